The summed E-state index contributed by atoms with van der Waals surface area (Å²) in [4.78, 5) is 4.14. The van der Waals surface area contributed by atoms with Crippen LogP contribution in [0.1, 0.15) is 25.3 Å². The first-order valence-corrected chi connectivity index (χ1v) is 4.37. The molecule has 0 saturated heterocycles. The number of aromatic nitrogens is 1. The second kappa shape index (κ2) is 2.74. The number of rotatable bonds is 2. The minimum Gasteiger partial charge on any atom is -0.364 e. The lowest BCUT2D eigenvalue weighted by atomic mass is 10.2. The molecule has 0 unspecified atom stereocenters. The van der Waals surface area contributed by atoms with Crippen molar-refractivity contribution in [3.63, 3.8) is 0 Å². The quantitative estimate of drug-likeness (QED) is 0.743. The normalized spacial score (nSPS) is 17.5. The highest BCUT2D eigenvalue weighted by atomic mass is 15.1. The lowest BCUT2D eigenvalue weighted by Gasteiger charge is -2.12. The molecule has 3 heteroatoms. The van der Waals surface area contributed by atoms with Gasteiger partial charge in [0.25, 0.3) is 0 Å². The topological polar surface area (TPSA) is 48.7 Å². The van der Waals surface area contributed by atoms with E-state index in [0.717, 1.165) is 12.8 Å². The van der Waals surface area contributed by atoms with Gasteiger partial charge in [0.2, 0.25) is 0 Å². The first-order valence-electron chi connectivity index (χ1n) is 4.37. The molecule has 1 saturated carbocycles. The number of hydrogen-bond donors (Lipinski definition) is 1. The van der Waals surface area contributed by atoms with Crippen molar-refractivity contribution in [2.24, 2.45) is 0 Å². The summed E-state index contributed by atoms with van der Waals surface area (Å²) in [6.07, 6.45) is 4.03. The van der Waals surface area contributed by atoms with Crippen LogP contribution in [0.4, 0.5) is 5.82 Å². The van der Waals surface area contributed by atoms with Crippen LogP contribution in [0, 0.1) is 11.3 Å². The zero-order valence-electron chi connectivity index (χ0n) is 7.54. The molecule has 2 rings (SSSR count). The van der Waals surface area contributed by atoms with Gasteiger partial charge in [0.15, 0.2) is 0 Å². The van der Waals surface area contributed by atoms with Gasteiger partial charge in [0.1, 0.15) is 11.9 Å². The summed E-state index contributed by atoms with van der Waals surface area (Å²) in [6, 6.07) is 5.68. The Morgan fingerprint density at radius 1 is 1.62 bits per heavy atom. The van der Waals surface area contributed by atoms with E-state index in [2.05, 4.69) is 23.3 Å². The predicted molar refractivity (Wildman–Crippen MR) is 50.2 cm³/mol. The lowest BCUT2D eigenvalue weighted by molar-refractivity contribution is 0.820. The van der Waals surface area contributed by atoms with E-state index in [9.17, 15) is 0 Å². The zero-order valence-corrected chi connectivity index (χ0v) is 7.54. The Morgan fingerprint density at radius 2 is 2.38 bits per heavy atom. The summed E-state index contributed by atoms with van der Waals surface area (Å²) in [7, 11) is 0. The van der Waals surface area contributed by atoms with Gasteiger partial charge in [-0.2, -0.15) is 5.26 Å². The van der Waals surface area contributed by atoms with Crippen LogP contribution >= 0.6 is 0 Å². The molecule has 3 nitrogen and oxygen atoms in total. The van der Waals surface area contributed by atoms with Crippen molar-refractivity contribution < 1.29 is 0 Å². The summed E-state index contributed by atoms with van der Waals surface area (Å²) in [6.45, 7) is 2.14. The highest BCUT2D eigenvalue weighted by Crippen LogP contribution is 2.38. The van der Waals surface area contributed by atoms with E-state index in [1.165, 1.54) is 0 Å². The van der Waals surface area contributed by atoms with E-state index < -0.39 is 0 Å². The van der Waals surface area contributed by atoms with E-state index in [1.807, 2.05) is 0 Å². The van der Waals surface area contributed by atoms with Gasteiger partial charge in [0.05, 0.1) is 5.56 Å². The number of nitrogens with one attached hydrogen (secondary N) is 1. The third kappa shape index (κ3) is 1.62. The summed E-state index contributed by atoms with van der Waals surface area (Å²) in [5.41, 5.74) is 0.801. The third-order valence-corrected chi connectivity index (χ3v) is 2.35. The molecule has 0 spiro atoms. The highest BCUT2D eigenvalue weighted by Gasteiger charge is 2.37. The van der Waals surface area contributed by atoms with Crippen LogP contribution < -0.4 is 5.32 Å². The number of hydrogen-bond acceptors (Lipinski definition) is 3. The van der Waals surface area contributed by atoms with Crippen LogP contribution in [-0.2, 0) is 0 Å². The van der Waals surface area contributed by atoms with Gasteiger partial charge in [-0.3, -0.25) is 0 Å². The smallest absolute Gasteiger partial charge is 0.144 e. The molecule has 1 aromatic heterocycles. The standard InChI is InChI=1S/C10H11N3/c1-10(4-5-10)13-9-8(7-11)3-2-6-12-9/h2-3,6H,4-5H2,1H3,(H,12,13). The van der Waals surface area contributed by atoms with Crippen molar-refractivity contribution >= 4 is 5.82 Å². The monoisotopic (exact) mass is 173 g/mol. The molecule has 0 aliphatic heterocycles. The van der Waals surface area contributed by atoms with Gasteiger partial charge in [0, 0.05) is 11.7 Å². The Labute approximate surface area is 77.4 Å². The average Bonchev–Trinajstić information content (AvgIpc) is 2.84. The molecule has 0 atom stereocenters. The third-order valence-electron chi connectivity index (χ3n) is 2.35. The summed E-state index contributed by atoms with van der Waals surface area (Å²) in [5.74, 6) is 0.713. The Bertz CT molecular complexity index is 361. The van der Waals surface area contributed by atoms with E-state index in [4.69, 9.17) is 5.26 Å². The fourth-order valence-electron chi connectivity index (χ4n) is 1.19. The number of nitrogens with zero attached hydrogens (tertiary/aromatic N) is 2. The van der Waals surface area contributed by atoms with Crippen LogP contribution in [0.15, 0.2) is 18.3 Å². The Morgan fingerprint density at radius 3 is 3.00 bits per heavy atom. The number of nitriles is 1. The Hall–Kier alpha value is -1.56. The molecular formula is C10H11N3. The second-order valence-corrected chi connectivity index (χ2v) is 3.70. The maximum absolute atomic E-state index is 8.81. The van der Waals surface area contributed by atoms with E-state index in [-0.39, 0.29) is 5.54 Å². The summed E-state index contributed by atoms with van der Waals surface area (Å²) < 4.78 is 0. The van der Waals surface area contributed by atoms with Crippen LogP contribution in [0.5, 0.6) is 0 Å². The largest absolute Gasteiger partial charge is 0.364 e. The minimum absolute atomic E-state index is 0.181. The van der Waals surface area contributed by atoms with E-state index >= 15 is 0 Å². The molecule has 13 heavy (non-hydrogen) atoms. The van der Waals surface area contributed by atoms with E-state index in [0.29, 0.717) is 11.4 Å². The summed E-state index contributed by atoms with van der Waals surface area (Å²) in [5, 5.41) is 12.1. The van der Waals surface area contributed by atoms with Crippen molar-refractivity contribution in [1.29, 1.82) is 5.26 Å². The maximum atomic E-state index is 8.81. The molecule has 0 radical (unpaired) electrons. The summed E-state index contributed by atoms with van der Waals surface area (Å²) >= 11 is 0. The van der Waals surface area contributed by atoms with Gasteiger partial charge >= 0.3 is 0 Å². The van der Waals surface area contributed by atoms with Gasteiger partial charge in [-0.25, -0.2) is 4.98 Å². The number of anilines is 1. The number of pyridine rings is 1. The van der Waals surface area contributed by atoms with Gasteiger partial charge < -0.3 is 5.32 Å². The predicted octanol–water partition coefficient (Wildman–Crippen LogP) is 1.92. The molecule has 1 aliphatic rings. The van der Waals surface area contributed by atoms with Crippen molar-refractivity contribution in [3.05, 3.63) is 23.9 Å². The fourth-order valence-corrected chi connectivity index (χ4v) is 1.19. The molecule has 1 N–H and O–H groups in total. The Kier molecular flexibility index (Phi) is 1.70. The van der Waals surface area contributed by atoms with Crippen molar-refractivity contribution in [2.45, 2.75) is 25.3 Å². The van der Waals surface area contributed by atoms with Gasteiger partial charge in [-0.05, 0) is 31.9 Å². The van der Waals surface area contributed by atoms with Crippen LogP contribution in [0.2, 0.25) is 0 Å². The molecule has 0 bridgehead atoms. The molecule has 1 fully saturated rings. The fraction of sp³-hybridized carbons (Fsp3) is 0.400. The second-order valence-electron chi connectivity index (χ2n) is 3.70. The molecule has 0 amide bonds. The highest BCUT2D eigenvalue weighted by molar-refractivity contribution is 5.53. The van der Waals surface area contributed by atoms with Crippen LogP contribution in [0.3, 0.4) is 0 Å². The SMILES string of the molecule is CC1(Nc2ncccc2C#N)CC1. The maximum Gasteiger partial charge on any atom is 0.144 e. The Balaban J connectivity index is 2.25. The minimum atomic E-state index is 0.181. The molecule has 1 aromatic rings. The lowest BCUT2D eigenvalue weighted by Crippen LogP contribution is -2.17. The molecule has 1 heterocycles. The van der Waals surface area contributed by atoms with Crippen molar-refractivity contribution in [2.75, 3.05) is 5.32 Å². The van der Waals surface area contributed by atoms with E-state index in [1.54, 1.807) is 18.3 Å². The molecule has 0 aromatic carbocycles. The van der Waals surface area contributed by atoms with Gasteiger partial charge in [-0.15, -0.1) is 0 Å². The first kappa shape index (κ1) is 8.06. The molecular weight excluding hydrogens is 162 g/mol. The first-order chi connectivity index (χ1) is 6.23. The van der Waals surface area contributed by atoms with Crippen molar-refractivity contribution in [3.8, 4) is 6.07 Å². The van der Waals surface area contributed by atoms with Gasteiger partial charge in [-0.1, -0.05) is 0 Å². The molecule has 1 aliphatic carbocycles. The zero-order chi connectivity index (χ0) is 9.31. The molecule has 66 valence electrons. The van der Waals surface area contributed by atoms with Crippen LogP contribution in [-0.4, -0.2) is 10.5 Å². The van der Waals surface area contributed by atoms with Crippen LogP contribution in [0.25, 0.3) is 0 Å². The average molecular weight is 173 g/mol. The van der Waals surface area contributed by atoms with Crippen molar-refractivity contribution in [1.82, 2.24) is 4.98 Å².